The van der Waals surface area contributed by atoms with E-state index < -0.39 is 29.6 Å². The Hall–Kier alpha value is -4.04. The molecular weight excluding hydrogens is 583 g/mol. The van der Waals surface area contributed by atoms with Gasteiger partial charge in [-0.3, -0.25) is 14.6 Å². The lowest BCUT2D eigenvalue weighted by atomic mass is 9.81. The minimum absolute atomic E-state index is 0.0413. The highest BCUT2D eigenvalue weighted by molar-refractivity contribution is 5.79. The van der Waals surface area contributed by atoms with Crippen LogP contribution in [0.2, 0.25) is 0 Å². The summed E-state index contributed by atoms with van der Waals surface area (Å²) in [6.07, 6.45) is -3.98. The van der Waals surface area contributed by atoms with E-state index in [0.29, 0.717) is 30.9 Å². The first-order valence-electron chi connectivity index (χ1n) is 14.1. The number of aromatic nitrogens is 4. The summed E-state index contributed by atoms with van der Waals surface area (Å²) in [6.45, 7) is 10.5. The van der Waals surface area contributed by atoms with E-state index in [1.165, 1.54) is 18.5 Å². The third-order valence-electron chi connectivity index (χ3n) is 7.38. The molecule has 3 heterocycles. The Balaban J connectivity index is 1.63. The van der Waals surface area contributed by atoms with E-state index in [1.54, 1.807) is 19.3 Å². The van der Waals surface area contributed by atoms with E-state index in [0.717, 1.165) is 34.7 Å². The molecule has 14 heteroatoms. The summed E-state index contributed by atoms with van der Waals surface area (Å²) in [5, 5.41) is 7.89. The van der Waals surface area contributed by atoms with Crippen molar-refractivity contribution in [1.29, 1.82) is 0 Å². The molecule has 238 valence electrons. The fourth-order valence-corrected chi connectivity index (χ4v) is 4.89. The molecule has 0 saturated heterocycles. The molecule has 2 aromatic heterocycles. The van der Waals surface area contributed by atoms with Crippen LogP contribution in [0, 0.1) is 19.3 Å². The minimum Gasteiger partial charge on any atom is -0.487 e. The van der Waals surface area contributed by atoms with Gasteiger partial charge in [0.25, 0.3) is 0 Å². The van der Waals surface area contributed by atoms with Crippen LogP contribution in [0.1, 0.15) is 67.1 Å². The van der Waals surface area contributed by atoms with Crippen molar-refractivity contribution in [2.24, 2.45) is 12.5 Å². The minimum atomic E-state index is -5.33. The van der Waals surface area contributed by atoms with Gasteiger partial charge in [-0.15, -0.1) is 5.10 Å². The van der Waals surface area contributed by atoms with Crippen molar-refractivity contribution in [3.8, 4) is 5.75 Å². The van der Waals surface area contributed by atoms with E-state index >= 15 is 0 Å². The number of alkyl halides is 3. The molecule has 2 atom stereocenters. The zero-order valence-electron chi connectivity index (χ0n) is 25.5. The van der Waals surface area contributed by atoms with Gasteiger partial charge in [0.05, 0.1) is 30.0 Å². The number of hydrogen-bond acceptors (Lipinski definition) is 10. The second-order valence-electron chi connectivity index (χ2n) is 11.4. The Morgan fingerprint density at radius 3 is 2.50 bits per heavy atom. The van der Waals surface area contributed by atoms with Crippen molar-refractivity contribution in [2.75, 3.05) is 6.54 Å². The molecule has 1 aliphatic rings. The fraction of sp³-hybridized carbons (Fsp3) is 0.500. The highest BCUT2D eigenvalue weighted by atomic mass is 19.4. The first kappa shape index (κ1) is 32.9. The molecule has 0 N–H and O–H groups in total. The lowest BCUT2D eigenvalue weighted by Crippen LogP contribution is -2.37. The molecule has 0 radical (unpaired) electrons. The maximum atomic E-state index is 13.0. The molecule has 0 fully saturated rings. The van der Waals surface area contributed by atoms with Gasteiger partial charge in [0, 0.05) is 32.4 Å². The molecule has 0 aliphatic carbocycles. The monoisotopic (exact) mass is 619 g/mol. The van der Waals surface area contributed by atoms with Crippen LogP contribution in [0.4, 0.5) is 13.2 Å². The Morgan fingerprint density at radius 2 is 1.84 bits per heavy atom. The molecule has 44 heavy (non-hydrogen) atoms. The van der Waals surface area contributed by atoms with Gasteiger partial charge in [0.2, 0.25) is 0 Å². The molecule has 3 aromatic rings. The van der Waals surface area contributed by atoms with Gasteiger partial charge in [-0.2, -0.15) is 13.2 Å². The van der Waals surface area contributed by atoms with E-state index in [-0.39, 0.29) is 12.7 Å². The van der Waals surface area contributed by atoms with Crippen molar-refractivity contribution >= 4 is 11.9 Å². The number of carbonyl (C=O) groups is 2. The van der Waals surface area contributed by atoms with Crippen LogP contribution in [0.25, 0.3) is 0 Å². The van der Waals surface area contributed by atoms with Gasteiger partial charge < -0.3 is 9.47 Å². The SMILES string of the molecule is CC[C@@H]1CN(Cc2cc([C@@H](OCc3cn(C)nn3)C(C)(C)C(=O)OOC(=O)C(F)(F)F)ccc2C)Cc2nc(C)ccc2O1. The predicted molar refractivity (Wildman–Crippen MR) is 150 cm³/mol. The van der Waals surface area contributed by atoms with Gasteiger partial charge in [-0.1, -0.05) is 30.3 Å². The fourth-order valence-electron chi connectivity index (χ4n) is 4.89. The normalized spacial score (nSPS) is 16.4. The largest absolute Gasteiger partial charge is 0.495 e. The first-order valence-corrected chi connectivity index (χ1v) is 14.1. The van der Waals surface area contributed by atoms with Crippen molar-refractivity contribution in [1.82, 2.24) is 24.9 Å². The number of benzene rings is 1. The molecule has 0 spiro atoms. The molecule has 1 aliphatic heterocycles. The number of ether oxygens (including phenoxy) is 2. The summed E-state index contributed by atoms with van der Waals surface area (Å²) < 4.78 is 51.9. The summed E-state index contributed by atoms with van der Waals surface area (Å²) in [5.41, 5.74) is 3.08. The number of fused-ring (bicyclic) bond motifs is 1. The quantitative estimate of drug-likeness (QED) is 0.243. The summed E-state index contributed by atoms with van der Waals surface area (Å²) in [4.78, 5) is 39.3. The van der Waals surface area contributed by atoms with Crippen LogP contribution >= 0.6 is 0 Å². The number of rotatable bonds is 9. The number of hydrogen-bond donors (Lipinski definition) is 0. The molecule has 0 unspecified atom stereocenters. The molecule has 0 bridgehead atoms. The van der Waals surface area contributed by atoms with Gasteiger partial charge in [-0.05, 0) is 62.9 Å². The average molecular weight is 620 g/mol. The van der Waals surface area contributed by atoms with Crippen LogP contribution < -0.4 is 4.74 Å². The van der Waals surface area contributed by atoms with E-state index in [4.69, 9.17) is 14.5 Å². The third-order valence-corrected chi connectivity index (χ3v) is 7.38. The van der Waals surface area contributed by atoms with Crippen molar-refractivity contribution < 1.29 is 42.0 Å². The Labute approximate surface area is 253 Å². The second kappa shape index (κ2) is 13.3. The number of halogens is 3. The van der Waals surface area contributed by atoms with Crippen molar-refractivity contribution in [3.05, 3.63) is 70.3 Å². The Bertz CT molecular complexity index is 1490. The van der Waals surface area contributed by atoms with Gasteiger partial charge >= 0.3 is 18.1 Å². The number of pyridine rings is 1. The average Bonchev–Trinajstić information content (AvgIpc) is 3.29. The molecule has 1 aromatic carbocycles. The zero-order chi connectivity index (χ0) is 32.2. The maximum Gasteiger partial charge on any atom is 0.495 e. The summed E-state index contributed by atoms with van der Waals surface area (Å²) >= 11 is 0. The predicted octanol–water partition coefficient (Wildman–Crippen LogP) is 4.85. The highest BCUT2D eigenvalue weighted by Gasteiger charge is 2.46. The van der Waals surface area contributed by atoms with Crippen LogP contribution in [-0.4, -0.2) is 55.6 Å². The molecule has 0 saturated carbocycles. The standard InChI is InChI=1S/C30H36F3N5O6/c1-7-23-15-38(16-24-25(42-23)11-9-19(3)34-24)13-21-12-20(10-8-18(21)2)26(41-17-22-14-37(6)36-35-22)29(4,5)27(39)43-44-28(40)30(31,32)33/h8-12,14,23,26H,7,13,15-17H2,1-6H3/t23-,26-/m1/s1. The molecule has 11 nitrogen and oxygen atoms in total. The van der Waals surface area contributed by atoms with Crippen LogP contribution in [0.5, 0.6) is 5.75 Å². The van der Waals surface area contributed by atoms with Gasteiger partial charge in [0.1, 0.15) is 17.5 Å². The number of nitrogens with zero attached hydrogens (tertiary/aromatic N) is 5. The molecular formula is C30H36F3N5O6. The highest BCUT2D eigenvalue weighted by Crippen LogP contribution is 2.40. The second-order valence-corrected chi connectivity index (χ2v) is 11.4. The van der Waals surface area contributed by atoms with Crippen LogP contribution in [0.15, 0.2) is 36.5 Å². The van der Waals surface area contributed by atoms with Crippen LogP contribution in [-0.2, 0) is 50.8 Å². The van der Waals surface area contributed by atoms with E-state index in [1.807, 2.05) is 38.1 Å². The van der Waals surface area contributed by atoms with Crippen molar-refractivity contribution in [2.45, 2.75) is 79.1 Å². The van der Waals surface area contributed by atoms with Crippen molar-refractivity contribution in [3.63, 3.8) is 0 Å². The lowest BCUT2D eigenvalue weighted by molar-refractivity contribution is -0.293. The maximum absolute atomic E-state index is 13.0. The Morgan fingerprint density at radius 1 is 1.11 bits per heavy atom. The van der Waals surface area contributed by atoms with Gasteiger partial charge in [0.15, 0.2) is 0 Å². The topological polar surface area (TPSA) is 118 Å². The summed E-state index contributed by atoms with van der Waals surface area (Å²) in [5.74, 6) is -3.11. The smallest absolute Gasteiger partial charge is 0.487 e. The molecule has 4 rings (SSSR count). The van der Waals surface area contributed by atoms with E-state index in [9.17, 15) is 22.8 Å². The van der Waals surface area contributed by atoms with Gasteiger partial charge in [-0.25, -0.2) is 19.4 Å². The zero-order valence-corrected chi connectivity index (χ0v) is 25.5. The lowest BCUT2D eigenvalue weighted by Gasteiger charge is -2.32. The summed E-state index contributed by atoms with van der Waals surface area (Å²) in [6, 6.07) is 9.42. The van der Waals surface area contributed by atoms with Crippen LogP contribution in [0.3, 0.4) is 0 Å². The first-order chi connectivity index (χ1) is 20.7. The number of carbonyl (C=O) groups excluding carboxylic acids is 2. The summed E-state index contributed by atoms with van der Waals surface area (Å²) in [7, 11) is 1.68. The Kier molecular flexibility index (Phi) is 9.94. The third kappa shape index (κ3) is 7.91. The number of aryl methyl sites for hydroxylation is 3. The van der Waals surface area contributed by atoms with E-state index in [2.05, 4.69) is 31.9 Å². The molecule has 0 amide bonds.